The number of nitrogens with one attached hydrogen (secondary N) is 1. The molecular weight excluding hydrogens is 280 g/mol. The Balaban J connectivity index is 1.62. The highest BCUT2D eigenvalue weighted by Gasteiger charge is 2.20. The molecule has 2 aromatic rings. The fraction of sp³-hybridized carbons (Fsp3) is 0.500. The van der Waals surface area contributed by atoms with Gasteiger partial charge in [0.1, 0.15) is 0 Å². The SMILES string of the molecule is S=c1[nH]c2cc(Cl)ccc2n1CCCOCC1CC1. The van der Waals surface area contributed by atoms with Crippen LogP contribution in [0.3, 0.4) is 0 Å². The summed E-state index contributed by atoms with van der Waals surface area (Å²) in [6, 6.07) is 5.81. The van der Waals surface area contributed by atoms with Gasteiger partial charge in [-0.3, -0.25) is 0 Å². The number of aromatic nitrogens is 2. The van der Waals surface area contributed by atoms with Crippen molar-refractivity contribution in [1.82, 2.24) is 9.55 Å². The summed E-state index contributed by atoms with van der Waals surface area (Å²) in [6.07, 6.45) is 3.67. The fourth-order valence-electron chi connectivity index (χ4n) is 2.22. The molecule has 19 heavy (non-hydrogen) atoms. The van der Waals surface area contributed by atoms with Crippen molar-refractivity contribution in [3.05, 3.63) is 28.0 Å². The Morgan fingerprint density at radius 1 is 1.42 bits per heavy atom. The maximum absolute atomic E-state index is 5.98. The molecule has 1 aliphatic carbocycles. The number of ether oxygens (including phenoxy) is 1. The summed E-state index contributed by atoms with van der Waals surface area (Å²) in [4.78, 5) is 3.19. The van der Waals surface area contributed by atoms with Crippen LogP contribution in [0.1, 0.15) is 19.3 Å². The highest BCUT2D eigenvalue weighted by Crippen LogP contribution is 2.28. The Hall–Kier alpha value is -0.840. The van der Waals surface area contributed by atoms with Crippen LogP contribution in [-0.4, -0.2) is 22.8 Å². The van der Waals surface area contributed by atoms with Crippen LogP contribution in [0.15, 0.2) is 18.2 Å². The molecule has 0 bridgehead atoms. The van der Waals surface area contributed by atoms with E-state index < -0.39 is 0 Å². The topological polar surface area (TPSA) is 29.9 Å². The minimum atomic E-state index is 0.726. The van der Waals surface area contributed by atoms with Gasteiger partial charge >= 0.3 is 0 Å². The first-order chi connectivity index (χ1) is 9.24. The van der Waals surface area contributed by atoms with E-state index in [0.717, 1.165) is 52.9 Å². The van der Waals surface area contributed by atoms with Gasteiger partial charge in [-0.25, -0.2) is 0 Å². The van der Waals surface area contributed by atoms with E-state index >= 15 is 0 Å². The summed E-state index contributed by atoms with van der Waals surface area (Å²) in [7, 11) is 0. The second-order valence-electron chi connectivity index (χ2n) is 5.12. The van der Waals surface area contributed by atoms with E-state index in [1.54, 1.807) is 0 Å². The van der Waals surface area contributed by atoms with E-state index in [-0.39, 0.29) is 0 Å². The molecule has 3 nitrogen and oxygen atoms in total. The van der Waals surface area contributed by atoms with Gasteiger partial charge in [-0.2, -0.15) is 0 Å². The number of imidazole rings is 1. The van der Waals surface area contributed by atoms with E-state index in [2.05, 4.69) is 9.55 Å². The number of H-pyrrole nitrogens is 1. The standard InChI is InChI=1S/C14H17ClN2OS/c15-11-4-5-13-12(8-11)16-14(19)17(13)6-1-7-18-9-10-2-3-10/h4-5,8,10H,1-3,6-7,9H2,(H,16,19). The van der Waals surface area contributed by atoms with E-state index in [0.29, 0.717) is 0 Å². The number of fused-ring (bicyclic) bond motifs is 1. The van der Waals surface area contributed by atoms with Crippen molar-refractivity contribution in [3.8, 4) is 0 Å². The third-order valence-electron chi connectivity index (χ3n) is 3.46. The summed E-state index contributed by atoms with van der Waals surface area (Å²) in [5, 5.41) is 0.726. The van der Waals surface area contributed by atoms with Crippen LogP contribution in [0.5, 0.6) is 0 Å². The number of aryl methyl sites for hydroxylation is 1. The molecule has 0 atom stereocenters. The summed E-state index contributed by atoms with van der Waals surface area (Å²) < 4.78 is 8.51. The van der Waals surface area contributed by atoms with Gasteiger partial charge in [0, 0.05) is 24.8 Å². The van der Waals surface area contributed by atoms with Crippen LogP contribution in [0.2, 0.25) is 5.02 Å². The largest absolute Gasteiger partial charge is 0.381 e. The molecule has 3 rings (SSSR count). The summed E-state index contributed by atoms with van der Waals surface area (Å²) >= 11 is 11.3. The van der Waals surface area contributed by atoms with Gasteiger partial charge < -0.3 is 14.3 Å². The Morgan fingerprint density at radius 2 is 2.26 bits per heavy atom. The lowest BCUT2D eigenvalue weighted by Gasteiger charge is -2.05. The van der Waals surface area contributed by atoms with Crippen LogP contribution in [0, 0.1) is 10.7 Å². The lowest BCUT2D eigenvalue weighted by Crippen LogP contribution is -2.04. The summed E-state index contributed by atoms with van der Waals surface area (Å²) in [6.45, 7) is 2.61. The van der Waals surface area contributed by atoms with Gasteiger partial charge in [-0.1, -0.05) is 11.6 Å². The van der Waals surface area contributed by atoms with Crippen LogP contribution >= 0.6 is 23.8 Å². The third-order valence-corrected chi connectivity index (χ3v) is 4.01. The monoisotopic (exact) mass is 296 g/mol. The van der Waals surface area contributed by atoms with Crippen molar-refractivity contribution >= 4 is 34.9 Å². The predicted molar refractivity (Wildman–Crippen MR) is 80.3 cm³/mol. The average molecular weight is 297 g/mol. The van der Waals surface area contributed by atoms with E-state index in [1.807, 2.05) is 18.2 Å². The summed E-state index contributed by atoms with van der Waals surface area (Å²) in [5.74, 6) is 0.831. The Kier molecular flexibility index (Phi) is 3.91. The van der Waals surface area contributed by atoms with E-state index in [1.165, 1.54) is 12.8 Å². The molecule has 0 amide bonds. The van der Waals surface area contributed by atoms with Gasteiger partial charge in [-0.15, -0.1) is 0 Å². The first kappa shape index (κ1) is 13.2. The van der Waals surface area contributed by atoms with Gasteiger partial charge in [0.15, 0.2) is 4.77 Å². The van der Waals surface area contributed by atoms with Gasteiger partial charge in [0.25, 0.3) is 0 Å². The molecule has 1 aromatic carbocycles. The molecule has 1 heterocycles. The molecule has 1 N–H and O–H groups in total. The minimum Gasteiger partial charge on any atom is -0.381 e. The Bertz CT molecular complexity index is 630. The third kappa shape index (κ3) is 3.19. The molecule has 1 saturated carbocycles. The Labute approximate surface area is 122 Å². The normalized spacial score (nSPS) is 15.2. The maximum Gasteiger partial charge on any atom is 0.178 e. The van der Waals surface area contributed by atoms with Crippen molar-refractivity contribution in [2.45, 2.75) is 25.8 Å². The van der Waals surface area contributed by atoms with Crippen molar-refractivity contribution in [1.29, 1.82) is 0 Å². The number of benzene rings is 1. The zero-order chi connectivity index (χ0) is 13.2. The molecule has 1 fully saturated rings. The van der Waals surface area contributed by atoms with Crippen LogP contribution < -0.4 is 0 Å². The second kappa shape index (κ2) is 5.65. The van der Waals surface area contributed by atoms with Gasteiger partial charge in [0.2, 0.25) is 0 Å². The quantitative estimate of drug-likeness (QED) is 0.640. The molecule has 1 aromatic heterocycles. The molecule has 102 valence electrons. The predicted octanol–water partition coefficient (Wildman–Crippen LogP) is 4.17. The van der Waals surface area contributed by atoms with Gasteiger partial charge in [0.05, 0.1) is 11.0 Å². The molecular formula is C14H17ClN2OS. The first-order valence-corrected chi connectivity index (χ1v) is 7.48. The van der Waals surface area contributed by atoms with Crippen molar-refractivity contribution < 1.29 is 4.74 Å². The summed E-state index contributed by atoms with van der Waals surface area (Å²) in [5.41, 5.74) is 2.10. The zero-order valence-corrected chi connectivity index (χ0v) is 12.3. The van der Waals surface area contributed by atoms with Crippen LogP contribution in [-0.2, 0) is 11.3 Å². The van der Waals surface area contributed by atoms with Crippen molar-refractivity contribution in [2.24, 2.45) is 5.92 Å². The molecule has 5 heteroatoms. The van der Waals surface area contributed by atoms with E-state index in [9.17, 15) is 0 Å². The Morgan fingerprint density at radius 3 is 3.05 bits per heavy atom. The van der Waals surface area contributed by atoms with Crippen LogP contribution in [0.25, 0.3) is 11.0 Å². The number of hydrogen-bond acceptors (Lipinski definition) is 2. The lowest BCUT2D eigenvalue weighted by molar-refractivity contribution is 0.119. The number of aromatic amines is 1. The molecule has 1 aliphatic rings. The zero-order valence-electron chi connectivity index (χ0n) is 10.7. The van der Waals surface area contributed by atoms with E-state index in [4.69, 9.17) is 28.6 Å². The smallest absolute Gasteiger partial charge is 0.178 e. The molecule has 0 radical (unpaired) electrons. The average Bonchev–Trinajstić information content (AvgIpc) is 3.14. The molecule has 0 aliphatic heterocycles. The van der Waals surface area contributed by atoms with Gasteiger partial charge in [-0.05, 0) is 55.6 Å². The highest BCUT2D eigenvalue weighted by molar-refractivity contribution is 7.71. The van der Waals surface area contributed by atoms with Crippen molar-refractivity contribution in [2.75, 3.05) is 13.2 Å². The van der Waals surface area contributed by atoms with Crippen LogP contribution in [0.4, 0.5) is 0 Å². The maximum atomic E-state index is 5.98. The second-order valence-corrected chi connectivity index (χ2v) is 5.94. The number of nitrogens with zero attached hydrogens (tertiary/aromatic N) is 1. The number of rotatable bonds is 6. The lowest BCUT2D eigenvalue weighted by atomic mass is 10.3. The molecule has 0 saturated heterocycles. The minimum absolute atomic E-state index is 0.726. The first-order valence-electron chi connectivity index (χ1n) is 6.70. The fourth-order valence-corrected chi connectivity index (χ4v) is 2.69. The molecule has 0 unspecified atom stereocenters. The number of hydrogen-bond donors (Lipinski definition) is 1. The van der Waals surface area contributed by atoms with Crippen molar-refractivity contribution in [3.63, 3.8) is 0 Å². The molecule has 0 spiro atoms. The highest BCUT2D eigenvalue weighted by atomic mass is 35.5. The number of halogens is 1.